The first-order valence-corrected chi connectivity index (χ1v) is 9.04. The number of hydrogen-bond acceptors (Lipinski definition) is 4. The maximum atomic E-state index is 12.9. The largest absolute Gasteiger partial charge is 0.507 e. The van der Waals surface area contributed by atoms with E-state index in [-0.39, 0.29) is 26.8 Å². The van der Waals surface area contributed by atoms with Crippen molar-refractivity contribution < 1.29 is 23.4 Å². The Kier molecular flexibility index (Phi) is 4.92. The highest BCUT2D eigenvalue weighted by Gasteiger charge is 2.28. The van der Waals surface area contributed by atoms with E-state index in [2.05, 4.69) is 0 Å². The summed E-state index contributed by atoms with van der Waals surface area (Å²) < 4.78 is 25.8. The molecule has 2 rings (SSSR count). The number of phenols is 1. The molecule has 0 aliphatic rings. The number of aromatic hydroxyl groups is 1. The van der Waals surface area contributed by atoms with Crippen molar-refractivity contribution in [1.82, 2.24) is 0 Å². The summed E-state index contributed by atoms with van der Waals surface area (Å²) in [6, 6.07) is 6.96. The van der Waals surface area contributed by atoms with Gasteiger partial charge in [0, 0.05) is 5.02 Å². The van der Waals surface area contributed by atoms with Crippen LogP contribution in [0.25, 0.3) is 0 Å². The van der Waals surface area contributed by atoms with Crippen LogP contribution in [-0.4, -0.2) is 24.6 Å². The Morgan fingerprint density at radius 2 is 1.71 bits per heavy atom. The maximum absolute atomic E-state index is 12.9. The third kappa shape index (κ3) is 3.12. The van der Waals surface area contributed by atoms with Crippen LogP contribution < -0.4 is 0 Å². The minimum Gasteiger partial charge on any atom is -0.507 e. The third-order valence-corrected chi connectivity index (χ3v) is 5.94. The van der Waals surface area contributed by atoms with Crippen molar-refractivity contribution in [1.29, 1.82) is 0 Å². The predicted octanol–water partition coefficient (Wildman–Crippen LogP) is 4.01. The number of sulfone groups is 1. The molecule has 128 valence electrons. The zero-order chi connectivity index (χ0) is 18.2. The van der Waals surface area contributed by atoms with Gasteiger partial charge >= 0.3 is 5.97 Å². The van der Waals surface area contributed by atoms with Gasteiger partial charge in [-0.1, -0.05) is 25.4 Å². The highest BCUT2D eigenvalue weighted by molar-refractivity contribution is 7.91. The summed E-state index contributed by atoms with van der Waals surface area (Å²) in [4.78, 5) is 11.4. The standard InChI is InChI=1S/C17H17ClO5S/c1-9(2)13-8-14(10(3)15(16(13)19)17(20)21)24(22,23)12-6-4-11(18)5-7-12/h4-9,19H,1-3H3,(H,20,21). The molecule has 0 atom stereocenters. The summed E-state index contributed by atoms with van der Waals surface area (Å²) in [6.07, 6.45) is 0. The molecular weight excluding hydrogens is 352 g/mol. The molecule has 0 saturated carbocycles. The second-order valence-electron chi connectivity index (χ2n) is 5.73. The minimum absolute atomic E-state index is 0.000602. The average molecular weight is 369 g/mol. The molecule has 0 saturated heterocycles. The highest BCUT2D eigenvalue weighted by Crippen LogP contribution is 2.37. The van der Waals surface area contributed by atoms with E-state index in [0.29, 0.717) is 5.02 Å². The molecular formula is C17H17ClO5S. The molecule has 24 heavy (non-hydrogen) atoms. The van der Waals surface area contributed by atoms with Gasteiger partial charge in [-0.25, -0.2) is 13.2 Å². The summed E-state index contributed by atoms with van der Waals surface area (Å²) in [7, 11) is -3.95. The Morgan fingerprint density at radius 3 is 2.17 bits per heavy atom. The molecule has 2 N–H and O–H groups in total. The van der Waals surface area contributed by atoms with Gasteiger partial charge in [0.1, 0.15) is 11.3 Å². The summed E-state index contributed by atoms with van der Waals surface area (Å²) in [5, 5.41) is 20.0. The van der Waals surface area contributed by atoms with E-state index in [1.54, 1.807) is 13.8 Å². The average Bonchev–Trinajstić information content (AvgIpc) is 2.46. The Hall–Kier alpha value is -2.05. The van der Waals surface area contributed by atoms with E-state index in [4.69, 9.17) is 11.6 Å². The van der Waals surface area contributed by atoms with Crippen molar-refractivity contribution in [3.63, 3.8) is 0 Å². The molecule has 5 nitrogen and oxygen atoms in total. The van der Waals surface area contributed by atoms with E-state index in [0.717, 1.165) is 0 Å². The number of aromatic carboxylic acids is 1. The monoisotopic (exact) mass is 368 g/mol. The zero-order valence-electron chi connectivity index (χ0n) is 13.4. The molecule has 0 bridgehead atoms. The number of carboxylic acid groups (broad SMARTS) is 1. The van der Waals surface area contributed by atoms with E-state index in [1.807, 2.05) is 0 Å². The lowest BCUT2D eigenvalue weighted by atomic mass is 9.96. The van der Waals surface area contributed by atoms with E-state index in [1.165, 1.54) is 37.3 Å². The zero-order valence-corrected chi connectivity index (χ0v) is 14.9. The van der Waals surface area contributed by atoms with Crippen LogP contribution in [0.5, 0.6) is 5.75 Å². The first kappa shape index (κ1) is 18.3. The Labute approximate surface area is 145 Å². The van der Waals surface area contributed by atoms with Crippen LogP contribution in [0, 0.1) is 6.92 Å². The molecule has 0 spiro atoms. The fraction of sp³-hybridized carbons (Fsp3) is 0.235. The molecule has 2 aromatic rings. The van der Waals surface area contributed by atoms with Crippen LogP contribution in [-0.2, 0) is 9.84 Å². The number of rotatable bonds is 4. The fourth-order valence-corrected chi connectivity index (χ4v) is 4.15. The van der Waals surface area contributed by atoms with Crippen molar-refractivity contribution in [2.75, 3.05) is 0 Å². The van der Waals surface area contributed by atoms with E-state index >= 15 is 0 Å². The van der Waals surface area contributed by atoms with Gasteiger partial charge in [-0.3, -0.25) is 0 Å². The SMILES string of the molecule is Cc1c(S(=O)(=O)c2ccc(Cl)cc2)cc(C(C)C)c(O)c1C(=O)O. The van der Waals surface area contributed by atoms with Crippen LogP contribution in [0.4, 0.5) is 0 Å². The van der Waals surface area contributed by atoms with Crippen LogP contribution in [0.2, 0.25) is 5.02 Å². The third-order valence-electron chi connectivity index (χ3n) is 3.79. The van der Waals surface area contributed by atoms with Gasteiger partial charge in [-0.15, -0.1) is 0 Å². The van der Waals surface area contributed by atoms with E-state index in [9.17, 15) is 23.4 Å². The first-order valence-electron chi connectivity index (χ1n) is 7.17. The quantitative estimate of drug-likeness (QED) is 0.850. The maximum Gasteiger partial charge on any atom is 0.339 e. The number of benzene rings is 2. The molecule has 0 aliphatic carbocycles. The van der Waals surface area contributed by atoms with E-state index < -0.39 is 27.1 Å². The summed E-state index contributed by atoms with van der Waals surface area (Å²) in [5.41, 5.74) is -0.126. The molecule has 0 radical (unpaired) electrons. The second kappa shape index (κ2) is 6.45. The second-order valence-corrected chi connectivity index (χ2v) is 8.08. The molecule has 0 aliphatic heterocycles. The van der Waals surface area contributed by atoms with Gasteiger partial charge < -0.3 is 10.2 Å². The van der Waals surface area contributed by atoms with Crippen molar-refractivity contribution in [2.24, 2.45) is 0 Å². The summed E-state index contributed by atoms with van der Waals surface area (Å²) >= 11 is 5.79. The van der Waals surface area contributed by atoms with Gasteiger partial charge in [-0.05, 0) is 54.3 Å². The van der Waals surface area contributed by atoms with Crippen molar-refractivity contribution in [2.45, 2.75) is 36.5 Å². The molecule has 7 heteroatoms. The Morgan fingerprint density at radius 1 is 1.17 bits per heavy atom. The van der Waals surface area contributed by atoms with Crippen molar-refractivity contribution >= 4 is 27.4 Å². The van der Waals surface area contributed by atoms with Gasteiger partial charge in [0.05, 0.1) is 9.79 Å². The molecule has 0 amide bonds. The molecule has 0 heterocycles. The lowest BCUT2D eigenvalue weighted by Crippen LogP contribution is -2.11. The van der Waals surface area contributed by atoms with Crippen LogP contribution >= 0.6 is 11.6 Å². The highest BCUT2D eigenvalue weighted by atomic mass is 35.5. The number of halogens is 1. The number of carbonyl (C=O) groups is 1. The van der Waals surface area contributed by atoms with Gasteiger partial charge in [-0.2, -0.15) is 0 Å². The van der Waals surface area contributed by atoms with Crippen LogP contribution in [0.3, 0.4) is 0 Å². The first-order chi connectivity index (χ1) is 11.1. The smallest absolute Gasteiger partial charge is 0.339 e. The topological polar surface area (TPSA) is 91.7 Å². The predicted molar refractivity (Wildman–Crippen MR) is 90.8 cm³/mol. The molecule has 0 aromatic heterocycles. The molecule has 0 fully saturated rings. The Bertz CT molecular complexity index is 900. The van der Waals surface area contributed by atoms with Gasteiger partial charge in [0.15, 0.2) is 0 Å². The molecule has 2 aromatic carbocycles. The summed E-state index contributed by atoms with van der Waals surface area (Å²) in [6.45, 7) is 4.86. The Balaban J connectivity index is 2.83. The van der Waals surface area contributed by atoms with Gasteiger partial charge in [0.25, 0.3) is 0 Å². The van der Waals surface area contributed by atoms with Crippen LogP contribution in [0.1, 0.15) is 41.3 Å². The number of hydrogen-bond donors (Lipinski definition) is 2. The number of carboxylic acids is 1. The lowest BCUT2D eigenvalue weighted by Gasteiger charge is -2.17. The normalized spacial score (nSPS) is 11.7. The van der Waals surface area contributed by atoms with Gasteiger partial charge in [0.2, 0.25) is 9.84 Å². The fourth-order valence-electron chi connectivity index (χ4n) is 2.48. The summed E-state index contributed by atoms with van der Waals surface area (Å²) in [5.74, 6) is -2.02. The lowest BCUT2D eigenvalue weighted by molar-refractivity contribution is 0.0692. The minimum atomic E-state index is -3.95. The van der Waals surface area contributed by atoms with Crippen molar-refractivity contribution in [3.8, 4) is 5.75 Å². The molecule has 0 unspecified atom stereocenters. The van der Waals surface area contributed by atoms with Crippen LogP contribution in [0.15, 0.2) is 40.1 Å². The van der Waals surface area contributed by atoms with Crippen molar-refractivity contribution in [3.05, 3.63) is 52.0 Å².